The summed E-state index contributed by atoms with van der Waals surface area (Å²) in [5.74, 6) is -0.503. The van der Waals surface area contributed by atoms with Crippen molar-refractivity contribution in [3.05, 3.63) is 71.1 Å². The first-order chi connectivity index (χ1) is 22.9. The van der Waals surface area contributed by atoms with Crippen LogP contribution in [0.4, 0.5) is 18.0 Å². The molecule has 1 aromatic heterocycles. The van der Waals surface area contributed by atoms with Crippen LogP contribution >= 0.6 is 0 Å². The van der Waals surface area contributed by atoms with Gasteiger partial charge in [0.05, 0.1) is 46.9 Å². The second-order valence-electron chi connectivity index (χ2n) is 12.0. The number of carbonyl (C=O) groups excluding carboxylic acids is 2. The molecule has 0 radical (unpaired) electrons. The molecule has 0 unspecified atom stereocenters. The number of rotatable bonds is 15. The van der Waals surface area contributed by atoms with Gasteiger partial charge < -0.3 is 19.5 Å². The maximum Gasteiger partial charge on any atom is 0.435 e. The Morgan fingerprint density at radius 2 is 1.63 bits per heavy atom. The van der Waals surface area contributed by atoms with E-state index in [0.29, 0.717) is 37.8 Å². The third kappa shape index (κ3) is 11.7. The number of carbonyl (C=O) groups is 2. The molecule has 14 nitrogen and oxygen atoms in total. The number of hydrogen-bond donors (Lipinski definition) is 1. The highest BCUT2D eigenvalue weighted by atomic mass is 32.2. The molecular formula is C31H39F3N6O8S. The van der Waals surface area contributed by atoms with E-state index in [1.54, 1.807) is 49.8 Å². The van der Waals surface area contributed by atoms with Gasteiger partial charge in [0.15, 0.2) is 5.69 Å². The van der Waals surface area contributed by atoms with E-state index in [1.807, 2.05) is 6.92 Å². The van der Waals surface area contributed by atoms with Crippen LogP contribution < -0.4 is 4.72 Å². The van der Waals surface area contributed by atoms with Gasteiger partial charge in [0.2, 0.25) is 5.28 Å². The Bertz CT molecular complexity index is 1700. The second kappa shape index (κ2) is 16.5. The number of amides is 1. The third-order valence-electron chi connectivity index (χ3n) is 6.84. The van der Waals surface area contributed by atoms with Gasteiger partial charge in [0.25, 0.3) is 16.8 Å². The Labute approximate surface area is 282 Å². The molecule has 0 aliphatic carbocycles. The molecule has 1 heterocycles. The number of nitrogens with one attached hydrogen (secondary N) is 1. The molecule has 49 heavy (non-hydrogen) atoms. The summed E-state index contributed by atoms with van der Waals surface area (Å²) in [6.07, 6.45) is -3.61. The van der Waals surface area contributed by atoms with Crippen molar-refractivity contribution in [1.82, 2.24) is 19.5 Å². The van der Waals surface area contributed by atoms with E-state index in [-0.39, 0.29) is 27.9 Å². The van der Waals surface area contributed by atoms with Crippen LogP contribution in [0.15, 0.2) is 64.8 Å². The average Bonchev–Trinajstić information content (AvgIpc) is 3.48. The molecule has 0 saturated carbocycles. The summed E-state index contributed by atoms with van der Waals surface area (Å²) in [5.41, 5.74) is -0.107. The molecule has 0 atom stereocenters. The van der Waals surface area contributed by atoms with Crippen LogP contribution in [-0.4, -0.2) is 67.2 Å². The van der Waals surface area contributed by atoms with Crippen molar-refractivity contribution in [1.29, 1.82) is 0 Å². The molecule has 0 bridgehead atoms. The van der Waals surface area contributed by atoms with Crippen LogP contribution in [0.1, 0.15) is 57.7 Å². The van der Waals surface area contributed by atoms with Crippen molar-refractivity contribution in [3.8, 4) is 16.9 Å². The maximum atomic E-state index is 13.5. The van der Waals surface area contributed by atoms with Gasteiger partial charge in [0, 0.05) is 5.56 Å². The van der Waals surface area contributed by atoms with E-state index in [9.17, 15) is 36.4 Å². The van der Waals surface area contributed by atoms with Crippen LogP contribution in [0.25, 0.3) is 16.9 Å². The summed E-state index contributed by atoms with van der Waals surface area (Å²) in [5, 5.41) is 20.1. The van der Waals surface area contributed by atoms with Crippen molar-refractivity contribution < 1.29 is 50.5 Å². The number of sulfonamides is 1. The first-order valence-electron chi connectivity index (χ1n) is 15.1. The highest BCUT2D eigenvalue weighted by molar-refractivity contribution is 7.90. The summed E-state index contributed by atoms with van der Waals surface area (Å²) in [7, 11) is -2.86. The van der Waals surface area contributed by atoms with Crippen LogP contribution in [0.5, 0.6) is 0 Å². The molecule has 2 aromatic carbocycles. The van der Waals surface area contributed by atoms with E-state index in [1.165, 1.54) is 24.2 Å². The molecule has 18 heteroatoms. The number of aryl methyl sites for hydroxylation is 1. The van der Waals surface area contributed by atoms with Crippen molar-refractivity contribution in [2.24, 2.45) is 10.7 Å². The first kappa shape index (κ1) is 38.6. The zero-order valence-corrected chi connectivity index (χ0v) is 28.5. The molecule has 3 rings (SSSR count). The number of ether oxygens (including phenoxy) is 2. The number of alkyl halides is 3. The lowest BCUT2D eigenvalue weighted by Gasteiger charge is -2.15. The van der Waals surface area contributed by atoms with Crippen LogP contribution in [0.2, 0.25) is 0 Å². The van der Waals surface area contributed by atoms with Crippen LogP contribution in [0.3, 0.4) is 0 Å². The Hall–Kier alpha value is -4.87. The number of unbranched alkanes of at least 4 members (excludes halogenated alkanes) is 3. The summed E-state index contributed by atoms with van der Waals surface area (Å²) in [6.45, 7) is 6.62. The van der Waals surface area contributed by atoms with Gasteiger partial charge in [-0.1, -0.05) is 36.2 Å². The summed E-state index contributed by atoms with van der Waals surface area (Å²) in [6, 6.07) is 12.6. The maximum absolute atomic E-state index is 13.5. The molecule has 1 N–H and O–H groups in total. The molecule has 0 aliphatic heterocycles. The standard InChI is InChI=1S/C31H39F3N6O8S/c1-22-10-12-23(13-11-22)26-20-27(31(32,33)34)35-39(26)24-14-16-25(17-15-24)49(44,45)36-29(42)46-19-9-7-6-8-18-38(5)40(43)37-48-21-47-28(41)30(2,3)4/h10-17,20H,6-9,18-19,21H2,1-5H3,(H,36,42). The minimum absolute atomic E-state index is 0.0666. The quantitative estimate of drug-likeness (QED) is 0.0484. The summed E-state index contributed by atoms with van der Waals surface area (Å²) < 4.78 is 78.6. The van der Waals surface area contributed by atoms with Crippen LogP contribution in [0, 0.1) is 17.5 Å². The molecule has 3 aromatic rings. The Morgan fingerprint density at radius 3 is 2.24 bits per heavy atom. The molecule has 0 spiro atoms. The van der Waals surface area contributed by atoms with E-state index < -0.39 is 46.2 Å². The second-order valence-corrected chi connectivity index (χ2v) is 13.7. The number of aromatic nitrogens is 2. The monoisotopic (exact) mass is 712 g/mol. The van der Waals surface area contributed by atoms with Gasteiger partial charge >= 0.3 is 18.2 Å². The molecular weight excluding hydrogens is 673 g/mol. The number of hydrazine groups is 1. The van der Waals surface area contributed by atoms with Gasteiger partial charge in [-0.3, -0.25) is 4.79 Å². The normalized spacial score (nSPS) is 12.4. The SMILES string of the molecule is Cc1ccc(-c2cc(C(F)(F)F)nn2-c2ccc(S(=O)(=O)NC(=O)OCCCCCCN(C)[N+]([O-])=NOCOC(=O)C(C)(C)C)cc2)cc1. The number of halogens is 3. The molecule has 0 saturated heterocycles. The third-order valence-corrected chi connectivity index (χ3v) is 8.17. The van der Waals surface area contributed by atoms with Gasteiger partial charge in [-0.05, 0) is 77.3 Å². The molecule has 1 amide bonds. The smallest absolute Gasteiger partial charge is 0.435 e. The van der Waals surface area contributed by atoms with Gasteiger partial charge in [-0.2, -0.15) is 18.3 Å². The zero-order valence-electron chi connectivity index (χ0n) is 27.7. The molecule has 0 aliphatic rings. The van der Waals surface area contributed by atoms with Crippen molar-refractivity contribution >= 4 is 22.1 Å². The van der Waals surface area contributed by atoms with Crippen LogP contribution in [-0.2, 0) is 35.3 Å². The van der Waals surface area contributed by atoms with E-state index in [4.69, 9.17) is 14.3 Å². The molecule has 0 fully saturated rings. The Morgan fingerprint density at radius 1 is 1.00 bits per heavy atom. The average molecular weight is 713 g/mol. The zero-order chi connectivity index (χ0) is 36.4. The van der Waals surface area contributed by atoms with E-state index >= 15 is 0 Å². The van der Waals surface area contributed by atoms with Crippen molar-refractivity contribution in [3.63, 3.8) is 0 Å². The van der Waals surface area contributed by atoms with Crippen molar-refractivity contribution in [2.75, 3.05) is 27.0 Å². The number of nitrogens with zero attached hydrogens (tertiary/aromatic N) is 5. The topological polar surface area (TPSA) is 167 Å². The summed E-state index contributed by atoms with van der Waals surface area (Å²) >= 11 is 0. The number of hydrogen-bond acceptors (Lipinski definition) is 10. The van der Waals surface area contributed by atoms with Gasteiger partial charge in [-0.15, -0.1) is 5.01 Å². The first-order valence-corrected chi connectivity index (χ1v) is 16.6. The lowest BCUT2D eigenvalue weighted by molar-refractivity contribution is -0.706. The fraction of sp³-hybridized carbons (Fsp3) is 0.452. The van der Waals surface area contributed by atoms with E-state index in [0.717, 1.165) is 28.4 Å². The molecule has 268 valence electrons. The fourth-order valence-electron chi connectivity index (χ4n) is 4.09. The minimum Gasteiger partial charge on any atom is -0.569 e. The highest BCUT2D eigenvalue weighted by Crippen LogP contribution is 2.33. The highest BCUT2D eigenvalue weighted by Gasteiger charge is 2.35. The van der Waals surface area contributed by atoms with Gasteiger partial charge in [0.1, 0.15) is 0 Å². The Kier molecular flexibility index (Phi) is 13.0. The summed E-state index contributed by atoms with van der Waals surface area (Å²) in [4.78, 5) is 28.4. The van der Waals surface area contributed by atoms with Gasteiger partial charge in [-0.25, -0.2) is 22.6 Å². The minimum atomic E-state index is -4.70. The van der Waals surface area contributed by atoms with E-state index in [2.05, 4.69) is 10.4 Å². The number of esters is 1. The largest absolute Gasteiger partial charge is 0.569 e. The van der Waals surface area contributed by atoms with Crippen molar-refractivity contribution in [2.45, 2.75) is 64.5 Å². The lowest BCUT2D eigenvalue weighted by Crippen LogP contribution is -2.31. The lowest BCUT2D eigenvalue weighted by atomic mass is 9.98. The Balaban J connectivity index is 1.44. The predicted octanol–water partition coefficient (Wildman–Crippen LogP) is 6.13. The fourth-order valence-corrected chi connectivity index (χ4v) is 4.98. The predicted molar refractivity (Wildman–Crippen MR) is 169 cm³/mol. The number of benzene rings is 2.